The van der Waals surface area contributed by atoms with Crippen molar-refractivity contribution in [2.45, 2.75) is 83.9 Å². The maximum Gasteiger partial charge on any atom is 0.243 e. The second-order valence-electron chi connectivity index (χ2n) is 7.91. The summed E-state index contributed by atoms with van der Waals surface area (Å²) < 4.78 is 11.4. The van der Waals surface area contributed by atoms with Crippen LogP contribution in [0.4, 0.5) is 0 Å². The lowest BCUT2D eigenvalue weighted by atomic mass is 9.51. The molecule has 3 unspecified atom stereocenters. The van der Waals surface area contributed by atoms with Crippen LogP contribution in [0.15, 0.2) is 4.52 Å². The molecule has 2 saturated carbocycles. The van der Waals surface area contributed by atoms with Gasteiger partial charge in [0.15, 0.2) is 5.82 Å². The van der Waals surface area contributed by atoms with Gasteiger partial charge in [0.1, 0.15) is 0 Å². The van der Waals surface area contributed by atoms with Crippen LogP contribution in [0.5, 0.6) is 0 Å². The minimum atomic E-state index is -0.0762. The van der Waals surface area contributed by atoms with E-state index < -0.39 is 0 Å². The van der Waals surface area contributed by atoms with Crippen LogP contribution in [-0.2, 0) is 10.2 Å². The molecule has 22 heavy (non-hydrogen) atoms. The van der Waals surface area contributed by atoms with Gasteiger partial charge in [-0.25, -0.2) is 0 Å². The Morgan fingerprint density at radius 1 is 1.41 bits per heavy atom. The van der Waals surface area contributed by atoms with Crippen LogP contribution in [0.2, 0.25) is 0 Å². The monoisotopic (exact) mass is 307 g/mol. The lowest BCUT2D eigenvalue weighted by Crippen LogP contribution is -2.67. The second-order valence-corrected chi connectivity index (χ2v) is 7.91. The predicted molar refractivity (Wildman–Crippen MR) is 84.7 cm³/mol. The van der Waals surface area contributed by atoms with Gasteiger partial charge in [0.05, 0.1) is 12.1 Å². The quantitative estimate of drug-likeness (QED) is 0.904. The van der Waals surface area contributed by atoms with Gasteiger partial charge in [-0.2, -0.15) is 4.98 Å². The fraction of sp³-hybridized carbons (Fsp3) is 0.882. The van der Waals surface area contributed by atoms with E-state index in [9.17, 15) is 0 Å². The third-order valence-electron chi connectivity index (χ3n) is 5.37. The molecule has 0 bridgehead atoms. The van der Waals surface area contributed by atoms with Crippen LogP contribution in [0.1, 0.15) is 78.1 Å². The molecule has 0 saturated heterocycles. The Hall–Kier alpha value is -0.940. The Labute approximate surface area is 133 Å². The number of aromatic nitrogens is 2. The van der Waals surface area contributed by atoms with Gasteiger partial charge >= 0.3 is 0 Å². The Balaban J connectivity index is 1.63. The predicted octanol–water partition coefficient (Wildman–Crippen LogP) is 3.37. The fourth-order valence-electron chi connectivity index (χ4n) is 3.76. The van der Waals surface area contributed by atoms with E-state index in [1.165, 1.54) is 19.3 Å². The van der Waals surface area contributed by atoms with Gasteiger partial charge in [-0.15, -0.1) is 0 Å². The number of nitrogens with zero attached hydrogens (tertiary/aromatic N) is 2. The lowest BCUT2D eigenvalue weighted by molar-refractivity contribution is -0.175. The van der Waals surface area contributed by atoms with E-state index in [1.807, 2.05) is 0 Å². The molecule has 1 N–H and O–H groups in total. The van der Waals surface area contributed by atoms with Gasteiger partial charge in [0.25, 0.3) is 0 Å². The molecule has 1 aromatic heterocycles. The highest BCUT2D eigenvalue weighted by Crippen LogP contribution is 2.57. The molecular formula is C17H29N3O2. The molecule has 3 atom stereocenters. The summed E-state index contributed by atoms with van der Waals surface area (Å²) in [7, 11) is 0. The number of ether oxygens (including phenoxy) is 1. The van der Waals surface area contributed by atoms with Crippen molar-refractivity contribution in [1.82, 2.24) is 15.5 Å². The molecule has 0 aliphatic heterocycles. The van der Waals surface area contributed by atoms with E-state index in [1.54, 1.807) is 0 Å². The van der Waals surface area contributed by atoms with Gasteiger partial charge in [-0.1, -0.05) is 32.3 Å². The summed E-state index contributed by atoms with van der Waals surface area (Å²) in [6.45, 7) is 11.3. The summed E-state index contributed by atoms with van der Waals surface area (Å²) in [5, 5.41) is 7.83. The zero-order valence-corrected chi connectivity index (χ0v) is 14.5. The standard InChI is InChI=1S/C17H29N3O2/c1-6-21-13-10-12(17(13)8-7-9-17)18-11(2)14-19-15(20-22-14)16(3,4)5/h11-13,18H,6-10H2,1-5H3. The van der Waals surface area contributed by atoms with Gasteiger partial charge in [0.2, 0.25) is 5.89 Å². The van der Waals surface area contributed by atoms with Crippen LogP contribution in [0.25, 0.3) is 0 Å². The summed E-state index contributed by atoms with van der Waals surface area (Å²) in [5.74, 6) is 1.47. The molecule has 2 fully saturated rings. The normalized spacial score (nSPS) is 28.2. The lowest BCUT2D eigenvalue weighted by Gasteiger charge is -2.61. The summed E-state index contributed by atoms with van der Waals surface area (Å²) in [4.78, 5) is 4.57. The highest BCUT2D eigenvalue weighted by atomic mass is 16.5. The minimum absolute atomic E-state index is 0.0762. The molecule has 0 radical (unpaired) electrons. The van der Waals surface area contributed by atoms with Crippen LogP contribution in [-0.4, -0.2) is 28.9 Å². The summed E-state index contributed by atoms with van der Waals surface area (Å²) in [6.07, 6.45) is 5.41. The first-order valence-electron chi connectivity index (χ1n) is 8.58. The fourth-order valence-corrected chi connectivity index (χ4v) is 3.76. The van der Waals surface area contributed by atoms with Crippen LogP contribution < -0.4 is 5.32 Å². The van der Waals surface area contributed by atoms with Crippen molar-refractivity contribution in [3.05, 3.63) is 11.7 Å². The minimum Gasteiger partial charge on any atom is -0.378 e. The van der Waals surface area contributed by atoms with Crippen molar-refractivity contribution >= 4 is 0 Å². The van der Waals surface area contributed by atoms with E-state index in [-0.39, 0.29) is 11.5 Å². The maximum atomic E-state index is 5.91. The first-order chi connectivity index (χ1) is 10.4. The SMILES string of the molecule is CCOC1CC(NC(C)c2nc(C(C)(C)C)no2)C12CCC2. The van der Waals surface area contributed by atoms with Crippen molar-refractivity contribution in [1.29, 1.82) is 0 Å². The highest BCUT2D eigenvalue weighted by Gasteiger charge is 2.59. The molecular weight excluding hydrogens is 278 g/mol. The molecule has 1 aromatic rings. The third kappa shape index (κ3) is 2.58. The Bertz CT molecular complexity index is 516. The molecule has 3 rings (SSSR count). The first kappa shape index (κ1) is 15.9. The van der Waals surface area contributed by atoms with Crippen molar-refractivity contribution in [3.8, 4) is 0 Å². The molecule has 5 nitrogen and oxygen atoms in total. The first-order valence-corrected chi connectivity index (χ1v) is 8.58. The molecule has 1 spiro atoms. The molecule has 0 amide bonds. The van der Waals surface area contributed by atoms with E-state index in [4.69, 9.17) is 9.26 Å². The molecule has 5 heteroatoms. The number of rotatable bonds is 5. The van der Waals surface area contributed by atoms with E-state index >= 15 is 0 Å². The van der Waals surface area contributed by atoms with E-state index in [2.05, 4.69) is 50.1 Å². The molecule has 1 heterocycles. The topological polar surface area (TPSA) is 60.2 Å². The molecule has 0 aromatic carbocycles. The number of hydrogen-bond acceptors (Lipinski definition) is 5. The van der Waals surface area contributed by atoms with Gasteiger partial charge < -0.3 is 14.6 Å². The van der Waals surface area contributed by atoms with Crippen LogP contribution in [0, 0.1) is 5.41 Å². The summed E-state index contributed by atoms with van der Waals surface area (Å²) >= 11 is 0. The van der Waals surface area contributed by atoms with Crippen LogP contribution in [0.3, 0.4) is 0 Å². The highest BCUT2D eigenvalue weighted by molar-refractivity contribution is 5.13. The zero-order valence-electron chi connectivity index (χ0n) is 14.5. The number of hydrogen-bond donors (Lipinski definition) is 1. The largest absolute Gasteiger partial charge is 0.378 e. The van der Waals surface area contributed by atoms with Crippen LogP contribution >= 0.6 is 0 Å². The van der Waals surface area contributed by atoms with Crippen molar-refractivity contribution in [2.75, 3.05) is 6.61 Å². The molecule has 2 aliphatic rings. The Morgan fingerprint density at radius 2 is 2.14 bits per heavy atom. The van der Waals surface area contributed by atoms with Gasteiger partial charge in [0, 0.05) is 23.5 Å². The summed E-state index contributed by atoms with van der Waals surface area (Å²) in [6, 6.07) is 0.603. The van der Waals surface area contributed by atoms with Gasteiger partial charge in [-0.3, -0.25) is 0 Å². The average Bonchev–Trinajstić information content (AvgIpc) is 2.84. The van der Waals surface area contributed by atoms with Crippen molar-refractivity contribution < 1.29 is 9.26 Å². The van der Waals surface area contributed by atoms with E-state index in [0.717, 1.165) is 18.9 Å². The zero-order chi connectivity index (χ0) is 16.0. The summed E-state index contributed by atoms with van der Waals surface area (Å²) in [5.41, 5.74) is 0.282. The molecule has 124 valence electrons. The smallest absolute Gasteiger partial charge is 0.243 e. The second kappa shape index (κ2) is 5.60. The Morgan fingerprint density at radius 3 is 2.64 bits per heavy atom. The maximum absolute atomic E-state index is 5.91. The molecule has 2 aliphatic carbocycles. The third-order valence-corrected chi connectivity index (χ3v) is 5.37. The Kier molecular flexibility index (Phi) is 4.06. The van der Waals surface area contributed by atoms with E-state index in [0.29, 0.717) is 23.5 Å². The van der Waals surface area contributed by atoms with Crippen molar-refractivity contribution in [3.63, 3.8) is 0 Å². The number of nitrogens with one attached hydrogen (secondary N) is 1. The average molecular weight is 307 g/mol. The van der Waals surface area contributed by atoms with Crippen molar-refractivity contribution in [2.24, 2.45) is 5.41 Å². The van der Waals surface area contributed by atoms with Gasteiger partial charge in [-0.05, 0) is 33.1 Å².